The van der Waals surface area contributed by atoms with Gasteiger partial charge in [-0.3, -0.25) is 0 Å². The molecule has 112 valence electrons. The zero-order chi connectivity index (χ0) is 15.6. The number of halogens is 5. The minimum absolute atomic E-state index is 0.179. The van der Waals surface area contributed by atoms with Crippen molar-refractivity contribution in [3.63, 3.8) is 0 Å². The summed E-state index contributed by atoms with van der Waals surface area (Å²) in [5.74, 6) is -1.26. The fourth-order valence-corrected chi connectivity index (χ4v) is 2.19. The summed E-state index contributed by atoms with van der Waals surface area (Å²) in [7, 11) is 0. The second kappa shape index (κ2) is 6.05. The average molecular weight is 362 g/mol. The molecule has 2 aromatic rings. The fraction of sp³-hybridized carbons (Fsp3) is 0.200. The SMILES string of the molecule is Cc1ccc(NCc2ccc(F)c(C(F)(F)F)c2)cc1Br. The van der Waals surface area contributed by atoms with E-state index in [1.54, 1.807) is 0 Å². The van der Waals surface area contributed by atoms with Crippen molar-refractivity contribution in [2.45, 2.75) is 19.6 Å². The zero-order valence-corrected chi connectivity index (χ0v) is 12.6. The normalized spacial score (nSPS) is 11.5. The fourth-order valence-electron chi connectivity index (χ4n) is 1.81. The highest BCUT2D eigenvalue weighted by atomic mass is 79.9. The first-order chi connectivity index (χ1) is 9.77. The molecule has 0 amide bonds. The first-order valence-corrected chi connectivity index (χ1v) is 6.92. The Balaban J connectivity index is 2.15. The van der Waals surface area contributed by atoms with E-state index in [0.29, 0.717) is 5.56 Å². The van der Waals surface area contributed by atoms with E-state index in [1.165, 1.54) is 6.07 Å². The number of anilines is 1. The van der Waals surface area contributed by atoms with Gasteiger partial charge in [0.15, 0.2) is 0 Å². The molecule has 0 aliphatic heterocycles. The van der Waals surface area contributed by atoms with Gasteiger partial charge in [-0.05, 0) is 42.3 Å². The lowest BCUT2D eigenvalue weighted by Gasteiger charge is -2.12. The topological polar surface area (TPSA) is 12.0 Å². The van der Waals surface area contributed by atoms with E-state index in [4.69, 9.17) is 0 Å². The molecular formula is C15H12BrF4N. The Labute approximate surface area is 128 Å². The summed E-state index contributed by atoms with van der Waals surface area (Å²) < 4.78 is 52.0. The van der Waals surface area contributed by atoms with Crippen molar-refractivity contribution >= 4 is 21.6 Å². The minimum Gasteiger partial charge on any atom is -0.381 e. The number of aryl methyl sites for hydroxylation is 1. The summed E-state index contributed by atoms with van der Waals surface area (Å²) in [4.78, 5) is 0. The molecule has 0 aliphatic rings. The van der Waals surface area contributed by atoms with Gasteiger partial charge >= 0.3 is 6.18 Å². The second-order valence-electron chi connectivity index (χ2n) is 4.63. The van der Waals surface area contributed by atoms with Crippen LogP contribution in [-0.4, -0.2) is 0 Å². The van der Waals surface area contributed by atoms with Gasteiger partial charge in [-0.2, -0.15) is 13.2 Å². The number of nitrogens with one attached hydrogen (secondary N) is 1. The van der Waals surface area contributed by atoms with Crippen LogP contribution >= 0.6 is 15.9 Å². The lowest BCUT2D eigenvalue weighted by molar-refractivity contribution is -0.140. The number of hydrogen-bond donors (Lipinski definition) is 1. The highest BCUT2D eigenvalue weighted by molar-refractivity contribution is 9.10. The van der Waals surface area contributed by atoms with Gasteiger partial charge in [-0.25, -0.2) is 4.39 Å². The molecule has 1 nitrogen and oxygen atoms in total. The molecule has 0 atom stereocenters. The molecule has 0 aliphatic carbocycles. The van der Waals surface area contributed by atoms with E-state index in [9.17, 15) is 17.6 Å². The van der Waals surface area contributed by atoms with E-state index in [0.717, 1.165) is 27.9 Å². The molecule has 1 N–H and O–H groups in total. The Morgan fingerprint density at radius 1 is 1.10 bits per heavy atom. The molecule has 0 bridgehead atoms. The van der Waals surface area contributed by atoms with Gasteiger partial charge < -0.3 is 5.32 Å². The Morgan fingerprint density at radius 2 is 1.81 bits per heavy atom. The molecule has 0 fully saturated rings. The number of alkyl halides is 3. The third-order valence-corrected chi connectivity index (χ3v) is 3.86. The molecule has 6 heteroatoms. The van der Waals surface area contributed by atoms with Crippen LogP contribution in [0, 0.1) is 12.7 Å². The van der Waals surface area contributed by atoms with Gasteiger partial charge in [-0.1, -0.05) is 28.1 Å². The molecule has 0 heterocycles. The van der Waals surface area contributed by atoms with Crippen molar-refractivity contribution < 1.29 is 17.6 Å². The van der Waals surface area contributed by atoms with Gasteiger partial charge in [0.25, 0.3) is 0 Å². The second-order valence-corrected chi connectivity index (χ2v) is 5.48. The molecule has 0 aromatic heterocycles. The van der Waals surface area contributed by atoms with Gasteiger partial charge in [0.05, 0.1) is 5.56 Å². The maximum Gasteiger partial charge on any atom is 0.419 e. The summed E-state index contributed by atoms with van der Waals surface area (Å²) in [5, 5.41) is 3.01. The monoisotopic (exact) mass is 361 g/mol. The van der Waals surface area contributed by atoms with Crippen molar-refractivity contribution in [1.29, 1.82) is 0 Å². The Kier molecular flexibility index (Phi) is 4.56. The van der Waals surface area contributed by atoms with Crippen LogP contribution in [0.25, 0.3) is 0 Å². The largest absolute Gasteiger partial charge is 0.419 e. The van der Waals surface area contributed by atoms with Crippen molar-refractivity contribution in [3.8, 4) is 0 Å². The first kappa shape index (κ1) is 15.8. The van der Waals surface area contributed by atoms with Crippen LogP contribution in [0.15, 0.2) is 40.9 Å². The molecule has 0 radical (unpaired) electrons. The number of benzene rings is 2. The van der Waals surface area contributed by atoms with E-state index in [-0.39, 0.29) is 6.54 Å². The van der Waals surface area contributed by atoms with E-state index >= 15 is 0 Å². The van der Waals surface area contributed by atoms with Crippen LogP contribution in [0.1, 0.15) is 16.7 Å². The minimum atomic E-state index is -4.69. The maximum atomic E-state index is 13.2. The summed E-state index contributed by atoms with van der Waals surface area (Å²) in [6.45, 7) is 2.11. The van der Waals surface area contributed by atoms with Crippen LogP contribution in [0.2, 0.25) is 0 Å². The van der Waals surface area contributed by atoms with Crippen molar-refractivity contribution in [2.24, 2.45) is 0 Å². The molecule has 0 spiro atoms. The lowest BCUT2D eigenvalue weighted by Crippen LogP contribution is -2.10. The van der Waals surface area contributed by atoms with Gasteiger partial charge in [0.2, 0.25) is 0 Å². The number of rotatable bonds is 3. The summed E-state index contributed by atoms with van der Waals surface area (Å²) in [5.41, 5.74) is 0.944. The van der Waals surface area contributed by atoms with Gasteiger partial charge in [-0.15, -0.1) is 0 Å². The van der Waals surface area contributed by atoms with Crippen LogP contribution in [0.4, 0.5) is 23.2 Å². The third-order valence-electron chi connectivity index (χ3n) is 3.00. The average Bonchev–Trinajstić information content (AvgIpc) is 2.40. The first-order valence-electron chi connectivity index (χ1n) is 6.13. The smallest absolute Gasteiger partial charge is 0.381 e. The van der Waals surface area contributed by atoms with Crippen LogP contribution in [-0.2, 0) is 12.7 Å². The maximum absolute atomic E-state index is 13.2. The van der Waals surface area contributed by atoms with Crippen molar-refractivity contribution in [2.75, 3.05) is 5.32 Å². The van der Waals surface area contributed by atoms with Crippen LogP contribution in [0.5, 0.6) is 0 Å². The highest BCUT2D eigenvalue weighted by Gasteiger charge is 2.34. The van der Waals surface area contributed by atoms with Crippen LogP contribution < -0.4 is 5.32 Å². The molecule has 0 saturated carbocycles. The summed E-state index contributed by atoms with van der Waals surface area (Å²) in [6.07, 6.45) is -4.69. The third kappa shape index (κ3) is 3.97. The lowest BCUT2D eigenvalue weighted by atomic mass is 10.1. The van der Waals surface area contributed by atoms with Gasteiger partial charge in [0, 0.05) is 16.7 Å². The Morgan fingerprint density at radius 3 is 2.43 bits per heavy atom. The highest BCUT2D eigenvalue weighted by Crippen LogP contribution is 2.32. The predicted octanol–water partition coefficient (Wildman–Crippen LogP) is 5.53. The summed E-state index contributed by atoms with van der Waals surface area (Å²) >= 11 is 3.38. The van der Waals surface area contributed by atoms with Crippen molar-refractivity contribution in [3.05, 3.63) is 63.4 Å². The standard InChI is InChI=1S/C15H12BrF4N/c1-9-2-4-11(7-13(9)16)21-8-10-3-5-14(17)12(6-10)15(18,19)20/h2-7,21H,8H2,1H3. The van der Waals surface area contributed by atoms with E-state index in [1.807, 2.05) is 25.1 Å². The van der Waals surface area contributed by atoms with Crippen LogP contribution in [0.3, 0.4) is 0 Å². The molecule has 21 heavy (non-hydrogen) atoms. The quantitative estimate of drug-likeness (QED) is 0.709. The molecule has 2 aromatic carbocycles. The predicted molar refractivity (Wildman–Crippen MR) is 77.6 cm³/mol. The molecule has 2 rings (SSSR count). The van der Waals surface area contributed by atoms with Gasteiger partial charge in [0.1, 0.15) is 5.82 Å². The van der Waals surface area contributed by atoms with E-state index in [2.05, 4.69) is 21.2 Å². The zero-order valence-electron chi connectivity index (χ0n) is 11.1. The molecular weight excluding hydrogens is 350 g/mol. The Bertz CT molecular complexity index is 653. The molecule has 0 unspecified atom stereocenters. The van der Waals surface area contributed by atoms with Crippen molar-refractivity contribution in [1.82, 2.24) is 0 Å². The summed E-state index contributed by atoms with van der Waals surface area (Å²) in [6, 6.07) is 8.55. The van der Waals surface area contributed by atoms with E-state index < -0.39 is 17.6 Å². The number of hydrogen-bond acceptors (Lipinski definition) is 1. The molecule has 0 saturated heterocycles. The Hall–Kier alpha value is -1.56.